The van der Waals surface area contributed by atoms with Crippen LogP contribution in [0.4, 0.5) is 0 Å². The van der Waals surface area contributed by atoms with Crippen LogP contribution in [0.2, 0.25) is 0 Å². The predicted molar refractivity (Wildman–Crippen MR) is 50.3 cm³/mol. The molecule has 1 rings (SSSR count). The molecule has 0 saturated heterocycles. The van der Waals surface area contributed by atoms with Crippen molar-refractivity contribution in [2.24, 2.45) is 5.73 Å². The molecule has 3 heteroatoms. The maximum Gasteiger partial charge on any atom is 0.120 e. The van der Waals surface area contributed by atoms with Crippen molar-refractivity contribution in [3.8, 4) is 11.8 Å². The number of nitriles is 1. The first-order valence-electron chi connectivity index (χ1n) is 4.00. The van der Waals surface area contributed by atoms with Crippen LogP contribution in [-0.2, 0) is 6.54 Å². The maximum absolute atomic E-state index is 8.83. The molecule has 1 aromatic rings. The highest BCUT2D eigenvalue weighted by Crippen LogP contribution is 2.20. The van der Waals surface area contributed by atoms with Crippen LogP contribution >= 0.6 is 0 Å². The van der Waals surface area contributed by atoms with E-state index in [1.807, 2.05) is 13.0 Å². The van der Waals surface area contributed by atoms with Gasteiger partial charge in [0.1, 0.15) is 5.75 Å². The third kappa shape index (κ3) is 1.79. The molecular formula is C10H12N2O. The minimum Gasteiger partial charge on any atom is -0.497 e. The van der Waals surface area contributed by atoms with E-state index in [9.17, 15) is 0 Å². The van der Waals surface area contributed by atoms with Gasteiger partial charge in [0.2, 0.25) is 0 Å². The summed E-state index contributed by atoms with van der Waals surface area (Å²) in [5.74, 6) is 0.700. The molecule has 68 valence electrons. The van der Waals surface area contributed by atoms with Crippen LogP contribution in [0.1, 0.15) is 16.7 Å². The molecule has 0 radical (unpaired) electrons. The van der Waals surface area contributed by atoms with E-state index in [-0.39, 0.29) is 0 Å². The number of hydrogen-bond acceptors (Lipinski definition) is 3. The molecule has 13 heavy (non-hydrogen) atoms. The lowest BCUT2D eigenvalue weighted by Crippen LogP contribution is -2.02. The van der Waals surface area contributed by atoms with E-state index >= 15 is 0 Å². The smallest absolute Gasteiger partial charge is 0.120 e. The summed E-state index contributed by atoms with van der Waals surface area (Å²) in [6, 6.07) is 5.68. The Balaban J connectivity index is 3.31. The summed E-state index contributed by atoms with van der Waals surface area (Å²) < 4.78 is 5.05. The van der Waals surface area contributed by atoms with E-state index in [1.54, 1.807) is 13.2 Å². The van der Waals surface area contributed by atoms with Gasteiger partial charge in [-0.05, 0) is 30.2 Å². The van der Waals surface area contributed by atoms with Gasteiger partial charge in [0, 0.05) is 6.54 Å². The summed E-state index contributed by atoms with van der Waals surface area (Å²) in [5, 5.41) is 8.83. The zero-order valence-electron chi connectivity index (χ0n) is 7.79. The molecule has 0 fully saturated rings. The Morgan fingerprint density at radius 1 is 1.54 bits per heavy atom. The minimum absolute atomic E-state index is 0.388. The van der Waals surface area contributed by atoms with Gasteiger partial charge in [-0.3, -0.25) is 0 Å². The average molecular weight is 176 g/mol. The highest BCUT2D eigenvalue weighted by atomic mass is 16.5. The molecule has 3 nitrogen and oxygen atoms in total. The number of methoxy groups -OCH3 is 1. The number of aryl methyl sites for hydroxylation is 1. The molecule has 0 aliphatic heterocycles. The zero-order chi connectivity index (χ0) is 9.84. The molecule has 0 aromatic heterocycles. The number of benzene rings is 1. The Morgan fingerprint density at radius 3 is 2.69 bits per heavy atom. The average Bonchev–Trinajstić information content (AvgIpc) is 2.16. The second kappa shape index (κ2) is 3.92. The SMILES string of the molecule is COc1cc(C)c(CN)c(C#N)c1. The summed E-state index contributed by atoms with van der Waals surface area (Å²) in [4.78, 5) is 0. The van der Waals surface area contributed by atoms with Crippen LogP contribution in [0.5, 0.6) is 5.75 Å². The Hall–Kier alpha value is -1.53. The first kappa shape index (κ1) is 9.56. The molecule has 0 aliphatic rings. The maximum atomic E-state index is 8.83. The molecule has 2 N–H and O–H groups in total. The summed E-state index contributed by atoms with van der Waals surface area (Å²) in [6.45, 7) is 2.31. The molecule has 1 aromatic carbocycles. The number of rotatable bonds is 2. The van der Waals surface area contributed by atoms with Crippen LogP contribution in [0.25, 0.3) is 0 Å². The van der Waals surface area contributed by atoms with E-state index in [0.29, 0.717) is 17.9 Å². The lowest BCUT2D eigenvalue weighted by Gasteiger charge is -2.07. The van der Waals surface area contributed by atoms with E-state index in [2.05, 4.69) is 6.07 Å². The zero-order valence-corrected chi connectivity index (χ0v) is 7.79. The Morgan fingerprint density at radius 2 is 2.23 bits per heavy atom. The molecule has 0 heterocycles. The van der Waals surface area contributed by atoms with Crippen molar-refractivity contribution >= 4 is 0 Å². The second-order valence-electron chi connectivity index (χ2n) is 2.79. The molecule has 0 amide bonds. The van der Waals surface area contributed by atoms with Gasteiger partial charge in [-0.1, -0.05) is 0 Å². The van der Waals surface area contributed by atoms with E-state index in [4.69, 9.17) is 15.7 Å². The Bertz CT molecular complexity index is 353. The van der Waals surface area contributed by atoms with Gasteiger partial charge in [0.15, 0.2) is 0 Å². The van der Waals surface area contributed by atoms with Crippen molar-refractivity contribution < 1.29 is 4.74 Å². The molecule has 0 spiro atoms. The van der Waals surface area contributed by atoms with Crippen molar-refractivity contribution in [3.63, 3.8) is 0 Å². The fourth-order valence-corrected chi connectivity index (χ4v) is 1.27. The molecule has 0 atom stereocenters. The van der Waals surface area contributed by atoms with Crippen molar-refractivity contribution in [1.29, 1.82) is 5.26 Å². The van der Waals surface area contributed by atoms with Crippen molar-refractivity contribution in [2.45, 2.75) is 13.5 Å². The van der Waals surface area contributed by atoms with Crippen LogP contribution in [0.15, 0.2) is 12.1 Å². The van der Waals surface area contributed by atoms with Gasteiger partial charge >= 0.3 is 0 Å². The quantitative estimate of drug-likeness (QED) is 0.739. The third-order valence-electron chi connectivity index (χ3n) is 2.01. The molecule has 0 saturated carbocycles. The fraction of sp³-hybridized carbons (Fsp3) is 0.300. The number of hydrogen-bond donors (Lipinski definition) is 1. The van der Waals surface area contributed by atoms with Gasteiger partial charge in [0.25, 0.3) is 0 Å². The van der Waals surface area contributed by atoms with E-state index in [1.165, 1.54) is 0 Å². The van der Waals surface area contributed by atoms with Crippen LogP contribution in [-0.4, -0.2) is 7.11 Å². The highest BCUT2D eigenvalue weighted by Gasteiger charge is 2.06. The third-order valence-corrected chi connectivity index (χ3v) is 2.01. The molecular weight excluding hydrogens is 164 g/mol. The van der Waals surface area contributed by atoms with Gasteiger partial charge < -0.3 is 10.5 Å². The Kier molecular flexibility index (Phi) is 2.88. The van der Waals surface area contributed by atoms with Crippen LogP contribution in [0.3, 0.4) is 0 Å². The molecule has 0 aliphatic carbocycles. The first-order chi connectivity index (χ1) is 6.22. The Labute approximate surface area is 77.7 Å². The largest absolute Gasteiger partial charge is 0.497 e. The monoisotopic (exact) mass is 176 g/mol. The van der Waals surface area contributed by atoms with Gasteiger partial charge in [-0.15, -0.1) is 0 Å². The summed E-state index contributed by atoms with van der Waals surface area (Å²) in [5.41, 5.74) is 8.01. The number of ether oxygens (including phenoxy) is 1. The summed E-state index contributed by atoms with van der Waals surface area (Å²) in [6.07, 6.45) is 0. The molecule has 0 unspecified atom stereocenters. The summed E-state index contributed by atoms with van der Waals surface area (Å²) >= 11 is 0. The highest BCUT2D eigenvalue weighted by molar-refractivity contribution is 5.47. The standard InChI is InChI=1S/C10H12N2O/c1-7-3-9(13-2)4-8(5-11)10(7)6-12/h3-4H,6,12H2,1-2H3. The van der Waals surface area contributed by atoms with E-state index in [0.717, 1.165) is 11.1 Å². The number of nitrogens with two attached hydrogens (primary N) is 1. The fourth-order valence-electron chi connectivity index (χ4n) is 1.27. The number of nitrogens with zero attached hydrogens (tertiary/aromatic N) is 1. The topological polar surface area (TPSA) is 59.0 Å². The molecule has 0 bridgehead atoms. The minimum atomic E-state index is 0.388. The lowest BCUT2D eigenvalue weighted by molar-refractivity contribution is 0.414. The van der Waals surface area contributed by atoms with Gasteiger partial charge in [0.05, 0.1) is 18.7 Å². The normalized spacial score (nSPS) is 9.38. The van der Waals surface area contributed by atoms with E-state index < -0.39 is 0 Å². The van der Waals surface area contributed by atoms with Crippen molar-refractivity contribution in [2.75, 3.05) is 7.11 Å². The van der Waals surface area contributed by atoms with Crippen molar-refractivity contribution in [3.05, 3.63) is 28.8 Å². The van der Waals surface area contributed by atoms with Gasteiger partial charge in [-0.25, -0.2) is 0 Å². The van der Waals surface area contributed by atoms with Crippen LogP contribution in [0, 0.1) is 18.3 Å². The predicted octanol–water partition coefficient (Wildman–Crippen LogP) is 1.33. The summed E-state index contributed by atoms with van der Waals surface area (Å²) in [7, 11) is 1.58. The lowest BCUT2D eigenvalue weighted by atomic mass is 10.0. The second-order valence-corrected chi connectivity index (χ2v) is 2.79. The van der Waals surface area contributed by atoms with Gasteiger partial charge in [-0.2, -0.15) is 5.26 Å². The first-order valence-corrected chi connectivity index (χ1v) is 4.00. The van der Waals surface area contributed by atoms with Crippen molar-refractivity contribution in [1.82, 2.24) is 0 Å². The van der Waals surface area contributed by atoms with Crippen LogP contribution < -0.4 is 10.5 Å².